The fourth-order valence-corrected chi connectivity index (χ4v) is 1.48. The van der Waals surface area contributed by atoms with E-state index in [9.17, 15) is 4.39 Å². The average Bonchev–Trinajstić information content (AvgIpc) is 2.34. The van der Waals surface area contributed by atoms with Crippen LogP contribution in [0.1, 0.15) is 20.3 Å². The molecule has 96 valence electrons. The standard InChI is InChI=1S/C13H20FNO2/c1-3-10(9-16)8-15-11-5-6-13(17-4-2)12(14)7-11/h5-7,10,15-16H,3-4,8-9H2,1-2H3. The Hall–Kier alpha value is -1.29. The van der Waals surface area contributed by atoms with Crippen molar-refractivity contribution < 1.29 is 14.2 Å². The van der Waals surface area contributed by atoms with Gasteiger partial charge in [0.2, 0.25) is 0 Å². The van der Waals surface area contributed by atoms with Crippen LogP contribution in [0.25, 0.3) is 0 Å². The molecule has 0 aliphatic heterocycles. The third-order valence-electron chi connectivity index (χ3n) is 2.66. The van der Waals surface area contributed by atoms with E-state index in [0.29, 0.717) is 18.8 Å². The largest absolute Gasteiger partial charge is 0.491 e. The number of hydrogen-bond acceptors (Lipinski definition) is 3. The van der Waals surface area contributed by atoms with Gasteiger partial charge in [0.1, 0.15) is 0 Å². The van der Waals surface area contributed by atoms with Crippen molar-refractivity contribution in [1.29, 1.82) is 0 Å². The van der Waals surface area contributed by atoms with Crippen LogP contribution < -0.4 is 10.1 Å². The van der Waals surface area contributed by atoms with Gasteiger partial charge in [-0.1, -0.05) is 6.92 Å². The zero-order valence-electron chi connectivity index (χ0n) is 10.4. The third-order valence-corrected chi connectivity index (χ3v) is 2.66. The molecule has 4 heteroatoms. The van der Waals surface area contributed by atoms with Crippen LogP contribution in [0.4, 0.5) is 10.1 Å². The monoisotopic (exact) mass is 241 g/mol. The summed E-state index contributed by atoms with van der Waals surface area (Å²) in [6.45, 7) is 5.07. The van der Waals surface area contributed by atoms with Crippen LogP contribution in [0.15, 0.2) is 18.2 Å². The summed E-state index contributed by atoms with van der Waals surface area (Å²) in [6.07, 6.45) is 0.892. The summed E-state index contributed by atoms with van der Waals surface area (Å²) in [6, 6.07) is 4.80. The minimum atomic E-state index is -0.367. The molecule has 0 saturated carbocycles. The van der Waals surface area contributed by atoms with Crippen LogP contribution in [0.2, 0.25) is 0 Å². The smallest absolute Gasteiger partial charge is 0.167 e. The van der Waals surface area contributed by atoms with Crippen LogP contribution in [0.3, 0.4) is 0 Å². The Balaban J connectivity index is 2.58. The highest BCUT2D eigenvalue weighted by molar-refractivity contribution is 5.47. The zero-order valence-corrected chi connectivity index (χ0v) is 10.4. The van der Waals surface area contributed by atoms with Crippen molar-refractivity contribution >= 4 is 5.69 Å². The first-order chi connectivity index (χ1) is 8.21. The lowest BCUT2D eigenvalue weighted by molar-refractivity contribution is 0.230. The van der Waals surface area contributed by atoms with Gasteiger partial charge in [0.25, 0.3) is 0 Å². The highest BCUT2D eigenvalue weighted by atomic mass is 19.1. The van der Waals surface area contributed by atoms with E-state index in [-0.39, 0.29) is 24.1 Å². The minimum absolute atomic E-state index is 0.142. The van der Waals surface area contributed by atoms with Crippen molar-refractivity contribution in [3.8, 4) is 5.75 Å². The molecule has 1 aromatic carbocycles. The van der Waals surface area contributed by atoms with Gasteiger partial charge >= 0.3 is 0 Å². The molecule has 1 rings (SSSR count). The molecule has 0 radical (unpaired) electrons. The van der Waals surface area contributed by atoms with Gasteiger partial charge in [-0.15, -0.1) is 0 Å². The summed E-state index contributed by atoms with van der Waals surface area (Å²) >= 11 is 0. The maximum Gasteiger partial charge on any atom is 0.167 e. The Labute approximate surface area is 102 Å². The van der Waals surface area contributed by atoms with E-state index >= 15 is 0 Å². The van der Waals surface area contributed by atoms with Crippen LogP contribution in [0.5, 0.6) is 5.75 Å². The molecule has 0 heterocycles. The van der Waals surface area contributed by atoms with Crippen molar-refractivity contribution in [2.45, 2.75) is 20.3 Å². The molecule has 2 N–H and O–H groups in total. The van der Waals surface area contributed by atoms with Gasteiger partial charge in [-0.05, 0) is 31.4 Å². The van der Waals surface area contributed by atoms with Gasteiger partial charge in [0.15, 0.2) is 11.6 Å². The second-order valence-electron chi connectivity index (χ2n) is 3.92. The van der Waals surface area contributed by atoms with Crippen LogP contribution in [-0.4, -0.2) is 24.9 Å². The predicted molar refractivity (Wildman–Crippen MR) is 66.9 cm³/mol. The minimum Gasteiger partial charge on any atom is -0.491 e. The summed E-state index contributed by atoms with van der Waals surface area (Å²) in [5.74, 6) is 0.103. The Morgan fingerprint density at radius 3 is 2.71 bits per heavy atom. The van der Waals surface area contributed by atoms with Crippen molar-refractivity contribution in [2.24, 2.45) is 5.92 Å². The molecule has 0 fully saturated rings. The second kappa shape index (κ2) is 7.12. The number of aliphatic hydroxyl groups is 1. The molecular formula is C13H20FNO2. The first-order valence-corrected chi connectivity index (χ1v) is 5.98. The normalized spacial score (nSPS) is 12.2. The lowest BCUT2D eigenvalue weighted by Gasteiger charge is -2.14. The fraction of sp³-hybridized carbons (Fsp3) is 0.538. The van der Waals surface area contributed by atoms with Gasteiger partial charge in [-0.2, -0.15) is 0 Å². The number of rotatable bonds is 7. The van der Waals surface area contributed by atoms with Crippen LogP contribution >= 0.6 is 0 Å². The van der Waals surface area contributed by atoms with Gasteiger partial charge in [0.05, 0.1) is 6.61 Å². The molecule has 17 heavy (non-hydrogen) atoms. The first-order valence-electron chi connectivity index (χ1n) is 5.98. The van der Waals surface area contributed by atoms with Crippen LogP contribution in [-0.2, 0) is 0 Å². The molecule has 0 aliphatic rings. The molecule has 1 unspecified atom stereocenters. The van der Waals surface area contributed by atoms with Crippen molar-refractivity contribution in [3.05, 3.63) is 24.0 Å². The first kappa shape index (κ1) is 13.8. The fourth-order valence-electron chi connectivity index (χ4n) is 1.48. The Morgan fingerprint density at radius 1 is 1.41 bits per heavy atom. The molecule has 0 aromatic heterocycles. The number of ether oxygens (including phenoxy) is 1. The lowest BCUT2D eigenvalue weighted by Crippen LogP contribution is -2.17. The molecule has 1 aromatic rings. The summed E-state index contributed by atoms with van der Waals surface area (Å²) < 4.78 is 18.6. The van der Waals surface area contributed by atoms with E-state index in [1.807, 2.05) is 13.8 Å². The van der Waals surface area contributed by atoms with Crippen molar-refractivity contribution in [3.63, 3.8) is 0 Å². The van der Waals surface area contributed by atoms with E-state index in [0.717, 1.165) is 6.42 Å². The number of halogens is 1. The van der Waals surface area contributed by atoms with E-state index < -0.39 is 0 Å². The molecular weight excluding hydrogens is 221 g/mol. The van der Waals surface area contributed by atoms with E-state index in [1.54, 1.807) is 12.1 Å². The molecule has 0 amide bonds. The summed E-state index contributed by atoms with van der Waals surface area (Å²) in [5.41, 5.74) is 0.706. The summed E-state index contributed by atoms with van der Waals surface area (Å²) in [5, 5.41) is 12.1. The second-order valence-corrected chi connectivity index (χ2v) is 3.92. The number of hydrogen-bond donors (Lipinski definition) is 2. The van der Waals surface area contributed by atoms with E-state index in [4.69, 9.17) is 9.84 Å². The Kier molecular flexibility index (Phi) is 5.77. The molecule has 0 aliphatic carbocycles. The Morgan fingerprint density at radius 2 is 2.18 bits per heavy atom. The number of nitrogens with one attached hydrogen (secondary N) is 1. The maximum absolute atomic E-state index is 13.5. The molecule has 0 spiro atoms. The maximum atomic E-state index is 13.5. The number of benzene rings is 1. The number of aliphatic hydroxyl groups excluding tert-OH is 1. The molecule has 3 nitrogen and oxygen atoms in total. The topological polar surface area (TPSA) is 41.5 Å². The van der Waals surface area contributed by atoms with Gasteiger partial charge in [-0.3, -0.25) is 0 Å². The van der Waals surface area contributed by atoms with Crippen molar-refractivity contribution in [2.75, 3.05) is 25.1 Å². The summed E-state index contributed by atoms with van der Waals surface area (Å²) in [7, 11) is 0. The summed E-state index contributed by atoms with van der Waals surface area (Å²) in [4.78, 5) is 0. The highest BCUT2D eigenvalue weighted by Gasteiger charge is 2.06. The van der Waals surface area contributed by atoms with Gasteiger partial charge in [0, 0.05) is 24.9 Å². The SMILES string of the molecule is CCOc1ccc(NCC(CC)CO)cc1F. The Bertz CT molecular complexity index is 340. The predicted octanol–water partition coefficient (Wildman–Crippen LogP) is 2.65. The van der Waals surface area contributed by atoms with Crippen molar-refractivity contribution in [1.82, 2.24) is 0 Å². The lowest BCUT2D eigenvalue weighted by atomic mass is 10.1. The van der Waals surface area contributed by atoms with Crippen LogP contribution in [0, 0.1) is 11.7 Å². The zero-order chi connectivity index (χ0) is 12.7. The highest BCUT2D eigenvalue weighted by Crippen LogP contribution is 2.21. The van der Waals surface area contributed by atoms with E-state index in [2.05, 4.69) is 5.32 Å². The number of anilines is 1. The van der Waals surface area contributed by atoms with E-state index in [1.165, 1.54) is 6.07 Å². The quantitative estimate of drug-likeness (QED) is 0.771. The molecule has 1 atom stereocenters. The molecule has 0 saturated heterocycles. The van der Waals surface area contributed by atoms with Gasteiger partial charge < -0.3 is 15.2 Å². The third kappa shape index (κ3) is 4.23. The molecule has 0 bridgehead atoms. The van der Waals surface area contributed by atoms with Gasteiger partial charge in [-0.25, -0.2) is 4.39 Å². The average molecular weight is 241 g/mol.